The molecule has 2 heterocycles. The van der Waals surface area contributed by atoms with Gasteiger partial charge in [0.25, 0.3) is 0 Å². The summed E-state index contributed by atoms with van der Waals surface area (Å²) >= 11 is 0. The minimum Gasteiger partial charge on any atom is -0.298 e. The van der Waals surface area contributed by atoms with Gasteiger partial charge in [0.2, 0.25) is 0 Å². The van der Waals surface area contributed by atoms with Gasteiger partial charge in [-0.05, 0) is 39.3 Å². The standard InChI is InChI=1S/C12H24N2OS/c1-11-9-14-6-3-5-12(14)10-13(11)7-4-8-16(2)15/h11-12H,3-10H2,1-2H3. The van der Waals surface area contributed by atoms with E-state index in [2.05, 4.69) is 16.7 Å². The second kappa shape index (κ2) is 5.61. The molecule has 0 aromatic heterocycles. The van der Waals surface area contributed by atoms with Gasteiger partial charge in [-0.15, -0.1) is 0 Å². The van der Waals surface area contributed by atoms with Crippen LogP contribution in [0, 0.1) is 0 Å². The van der Waals surface area contributed by atoms with Gasteiger partial charge in [-0.2, -0.15) is 0 Å². The molecule has 2 saturated heterocycles. The lowest BCUT2D eigenvalue weighted by Crippen LogP contribution is -2.55. The van der Waals surface area contributed by atoms with E-state index in [0.29, 0.717) is 6.04 Å². The maximum absolute atomic E-state index is 11.0. The fourth-order valence-electron chi connectivity index (χ4n) is 3.03. The molecule has 2 aliphatic heterocycles. The minimum absolute atomic E-state index is 0.623. The molecule has 0 amide bonds. The molecule has 94 valence electrons. The second-order valence-corrected chi connectivity index (χ2v) is 6.82. The minimum atomic E-state index is -0.623. The van der Waals surface area contributed by atoms with Crippen molar-refractivity contribution in [1.82, 2.24) is 9.80 Å². The summed E-state index contributed by atoms with van der Waals surface area (Å²) in [5, 5.41) is 0. The van der Waals surface area contributed by atoms with Crippen LogP contribution >= 0.6 is 0 Å². The molecule has 0 spiro atoms. The first-order chi connectivity index (χ1) is 7.66. The van der Waals surface area contributed by atoms with E-state index in [4.69, 9.17) is 0 Å². The van der Waals surface area contributed by atoms with E-state index in [1.807, 2.05) is 0 Å². The predicted octanol–water partition coefficient (Wildman–Crippen LogP) is 0.923. The van der Waals surface area contributed by atoms with E-state index >= 15 is 0 Å². The molecule has 0 aliphatic carbocycles. The molecule has 2 rings (SSSR count). The Morgan fingerprint density at radius 2 is 2.19 bits per heavy atom. The SMILES string of the molecule is CC1CN2CCCC2CN1CCCS(C)=O. The van der Waals surface area contributed by atoms with Crippen molar-refractivity contribution in [3.05, 3.63) is 0 Å². The largest absolute Gasteiger partial charge is 0.298 e. The summed E-state index contributed by atoms with van der Waals surface area (Å²) in [6.45, 7) is 7.24. The number of nitrogens with zero attached hydrogens (tertiary/aromatic N) is 2. The van der Waals surface area contributed by atoms with Crippen LogP contribution in [0.5, 0.6) is 0 Å². The van der Waals surface area contributed by atoms with Gasteiger partial charge in [-0.25, -0.2) is 0 Å². The lowest BCUT2D eigenvalue weighted by molar-refractivity contribution is 0.0599. The maximum atomic E-state index is 11.0. The van der Waals surface area contributed by atoms with Crippen LogP contribution in [0.15, 0.2) is 0 Å². The monoisotopic (exact) mass is 244 g/mol. The van der Waals surface area contributed by atoms with E-state index in [-0.39, 0.29) is 0 Å². The molecule has 0 aromatic rings. The Labute approximate surface area is 102 Å². The van der Waals surface area contributed by atoms with Crippen molar-refractivity contribution >= 4 is 10.8 Å². The van der Waals surface area contributed by atoms with Gasteiger partial charge in [0, 0.05) is 48.0 Å². The van der Waals surface area contributed by atoms with Gasteiger partial charge in [0.15, 0.2) is 0 Å². The Morgan fingerprint density at radius 1 is 1.38 bits per heavy atom. The van der Waals surface area contributed by atoms with Crippen LogP contribution in [0.4, 0.5) is 0 Å². The molecule has 3 unspecified atom stereocenters. The zero-order chi connectivity index (χ0) is 11.5. The molecule has 3 nitrogen and oxygen atoms in total. The number of piperazine rings is 1. The first-order valence-electron chi connectivity index (χ1n) is 6.45. The highest BCUT2D eigenvalue weighted by Gasteiger charge is 2.33. The van der Waals surface area contributed by atoms with E-state index in [1.165, 1.54) is 32.5 Å². The number of rotatable bonds is 4. The van der Waals surface area contributed by atoms with E-state index in [9.17, 15) is 4.21 Å². The third kappa shape index (κ3) is 3.05. The van der Waals surface area contributed by atoms with Gasteiger partial charge in [0.05, 0.1) is 0 Å². The molecular weight excluding hydrogens is 220 g/mol. The summed E-state index contributed by atoms with van der Waals surface area (Å²) in [6, 6.07) is 1.49. The average molecular weight is 244 g/mol. The molecule has 4 heteroatoms. The topological polar surface area (TPSA) is 23.6 Å². The molecule has 2 fully saturated rings. The lowest BCUT2D eigenvalue weighted by atomic mass is 10.1. The van der Waals surface area contributed by atoms with Gasteiger partial charge >= 0.3 is 0 Å². The van der Waals surface area contributed by atoms with E-state index in [1.54, 1.807) is 6.26 Å². The molecule has 0 aromatic carbocycles. The predicted molar refractivity (Wildman–Crippen MR) is 69.2 cm³/mol. The van der Waals surface area contributed by atoms with Crippen LogP contribution in [0.3, 0.4) is 0 Å². The molecule has 2 aliphatic rings. The summed E-state index contributed by atoms with van der Waals surface area (Å²) in [5.41, 5.74) is 0. The second-order valence-electron chi connectivity index (χ2n) is 5.27. The van der Waals surface area contributed by atoms with E-state index in [0.717, 1.165) is 24.8 Å². The van der Waals surface area contributed by atoms with Crippen LogP contribution in [0.1, 0.15) is 26.2 Å². The van der Waals surface area contributed by atoms with E-state index < -0.39 is 10.8 Å². The first-order valence-corrected chi connectivity index (χ1v) is 8.17. The van der Waals surface area contributed by atoms with Crippen molar-refractivity contribution < 1.29 is 4.21 Å². The van der Waals surface area contributed by atoms with Crippen molar-refractivity contribution in [3.63, 3.8) is 0 Å². The highest BCUT2D eigenvalue weighted by molar-refractivity contribution is 7.84. The summed E-state index contributed by atoms with van der Waals surface area (Å²) in [4.78, 5) is 5.25. The first kappa shape index (κ1) is 12.5. The molecular formula is C12H24N2OS. The fourth-order valence-corrected chi connectivity index (χ4v) is 3.57. The third-order valence-corrected chi connectivity index (χ3v) is 4.81. The van der Waals surface area contributed by atoms with Gasteiger partial charge in [0.1, 0.15) is 0 Å². The Hall–Kier alpha value is 0.0700. The number of hydrogen-bond donors (Lipinski definition) is 0. The zero-order valence-corrected chi connectivity index (χ0v) is 11.3. The van der Waals surface area contributed by atoms with Crippen LogP contribution in [0.2, 0.25) is 0 Å². The van der Waals surface area contributed by atoms with Crippen LogP contribution in [-0.2, 0) is 10.8 Å². The zero-order valence-electron chi connectivity index (χ0n) is 10.5. The molecule has 0 saturated carbocycles. The Morgan fingerprint density at radius 3 is 2.94 bits per heavy atom. The Kier molecular flexibility index (Phi) is 4.39. The lowest BCUT2D eigenvalue weighted by Gasteiger charge is -2.42. The van der Waals surface area contributed by atoms with Crippen LogP contribution in [0.25, 0.3) is 0 Å². The fraction of sp³-hybridized carbons (Fsp3) is 1.00. The Balaban J connectivity index is 1.78. The molecule has 16 heavy (non-hydrogen) atoms. The average Bonchev–Trinajstić information content (AvgIpc) is 2.64. The smallest absolute Gasteiger partial charge is 0.0244 e. The van der Waals surface area contributed by atoms with Crippen molar-refractivity contribution in [2.24, 2.45) is 0 Å². The quantitative estimate of drug-likeness (QED) is 0.735. The Bertz CT molecular complexity index is 259. The van der Waals surface area contributed by atoms with Crippen molar-refractivity contribution in [3.8, 4) is 0 Å². The number of hydrogen-bond acceptors (Lipinski definition) is 3. The van der Waals surface area contributed by atoms with Crippen molar-refractivity contribution in [2.45, 2.75) is 38.3 Å². The normalized spacial score (nSPS) is 33.9. The van der Waals surface area contributed by atoms with Crippen LogP contribution in [-0.4, -0.2) is 64.3 Å². The molecule has 0 bridgehead atoms. The number of fused-ring (bicyclic) bond motifs is 1. The third-order valence-electron chi connectivity index (χ3n) is 3.94. The van der Waals surface area contributed by atoms with Crippen molar-refractivity contribution in [1.29, 1.82) is 0 Å². The van der Waals surface area contributed by atoms with Gasteiger partial charge < -0.3 is 0 Å². The summed E-state index contributed by atoms with van der Waals surface area (Å²) in [7, 11) is -0.623. The van der Waals surface area contributed by atoms with Gasteiger partial charge in [-0.3, -0.25) is 14.0 Å². The summed E-state index contributed by atoms with van der Waals surface area (Å²) in [5.74, 6) is 0.859. The molecule has 0 radical (unpaired) electrons. The summed E-state index contributed by atoms with van der Waals surface area (Å²) in [6.07, 6.45) is 5.64. The van der Waals surface area contributed by atoms with Gasteiger partial charge in [-0.1, -0.05) is 0 Å². The summed E-state index contributed by atoms with van der Waals surface area (Å²) < 4.78 is 11.0. The van der Waals surface area contributed by atoms with Crippen LogP contribution < -0.4 is 0 Å². The maximum Gasteiger partial charge on any atom is 0.0244 e. The molecule has 0 N–H and O–H groups in total. The highest BCUT2D eigenvalue weighted by Crippen LogP contribution is 2.24. The molecule has 3 atom stereocenters. The highest BCUT2D eigenvalue weighted by atomic mass is 32.2. The van der Waals surface area contributed by atoms with Crippen molar-refractivity contribution in [2.75, 3.05) is 38.2 Å².